The van der Waals surface area contributed by atoms with Crippen LogP contribution in [0.15, 0.2) is 41.4 Å². The van der Waals surface area contributed by atoms with E-state index in [1.165, 1.54) is 15.3 Å². The Morgan fingerprint density at radius 1 is 1.16 bits per heavy atom. The number of carbonyl (C=O) groups excluding carboxylic acids is 1. The fourth-order valence-electron chi connectivity index (χ4n) is 2.31. The summed E-state index contributed by atoms with van der Waals surface area (Å²) in [5.74, 6) is 0.517. The minimum atomic E-state index is -0.127. The van der Waals surface area contributed by atoms with E-state index in [1.807, 2.05) is 31.2 Å². The average Bonchev–Trinajstić information content (AvgIpc) is 3.03. The van der Waals surface area contributed by atoms with Crippen LogP contribution in [-0.4, -0.2) is 25.0 Å². The van der Waals surface area contributed by atoms with Crippen molar-refractivity contribution in [2.24, 2.45) is 4.99 Å². The van der Waals surface area contributed by atoms with Crippen molar-refractivity contribution < 1.29 is 4.79 Å². The SMILES string of the molecule is CCNC(=NCC(=O)Nc1cccc(CC)c1)NCc1ccc(C)s1. The van der Waals surface area contributed by atoms with E-state index in [9.17, 15) is 4.79 Å². The third-order valence-electron chi connectivity index (χ3n) is 3.57. The monoisotopic (exact) mass is 358 g/mol. The molecule has 0 spiro atoms. The first kappa shape index (κ1) is 19.0. The molecule has 25 heavy (non-hydrogen) atoms. The van der Waals surface area contributed by atoms with Crippen molar-refractivity contribution in [3.8, 4) is 0 Å². The summed E-state index contributed by atoms with van der Waals surface area (Å²) in [6.07, 6.45) is 0.943. The lowest BCUT2D eigenvalue weighted by Gasteiger charge is -2.10. The smallest absolute Gasteiger partial charge is 0.246 e. The van der Waals surface area contributed by atoms with Crippen molar-refractivity contribution in [3.63, 3.8) is 0 Å². The molecule has 0 radical (unpaired) electrons. The maximum Gasteiger partial charge on any atom is 0.246 e. The van der Waals surface area contributed by atoms with Gasteiger partial charge in [0.25, 0.3) is 0 Å². The summed E-state index contributed by atoms with van der Waals surface area (Å²) < 4.78 is 0. The van der Waals surface area contributed by atoms with Gasteiger partial charge < -0.3 is 16.0 Å². The quantitative estimate of drug-likeness (QED) is 0.525. The molecule has 0 saturated carbocycles. The van der Waals surface area contributed by atoms with Crippen LogP contribution < -0.4 is 16.0 Å². The van der Waals surface area contributed by atoms with Crippen molar-refractivity contribution in [1.82, 2.24) is 10.6 Å². The Kier molecular flexibility index (Phi) is 7.47. The third kappa shape index (κ3) is 6.58. The van der Waals surface area contributed by atoms with E-state index < -0.39 is 0 Å². The molecule has 1 aromatic carbocycles. The summed E-state index contributed by atoms with van der Waals surface area (Å²) in [6, 6.07) is 12.1. The first-order valence-electron chi connectivity index (χ1n) is 8.57. The molecule has 134 valence electrons. The number of guanidine groups is 1. The molecular formula is C19H26N4OS. The normalized spacial score (nSPS) is 11.2. The molecule has 0 aliphatic heterocycles. The third-order valence-corrected chi connectivity index (χ3v) is 4.57. The predicted octanol–water partition coefficient (Wildman–Crippen LogP) is 3.31. The second kappa shape index (κ2) is 9.84. The molecule has 0 atom stereocenters. The minimum absolute atomic E-state index is 0.0785. The summed E-state index contributed by atoms with van der Waals surface area (Å²) in [6.45, 7) is 7.71. The molecule has 6 heteroatoms. The van der Waals surface area contributed by atoms with Gasteiger partial charge in [-0.15, -0.1) is 11.3 Å². The van der Waals surface area contributed by atoms with Crippen molar-refractivity contribution in [2.45, 2.75) is 33.7 Å². The Bertz CT molecular complexity index is 724. The van der Waals surface area contributed by atoms with E-state index >= 15 is 0 Å². The van der Waals surface area contributed by atoms with E-state index in [4.69, 9.17) is 0 Å². The van der Waals surface area contributed by atoms with Crippen LogP contribution >= 0.6 is 11.3 Å². The molecule has 1 heterocycles. The Balaban J connectivity index is 1.89. The summed E-state index contributed by atoms with van der Waals surface area (Å²) in [7, 11) is 0. The lowest BCUT2D eigenvalue weighted by atomic mass is 10.1. The second-order valence-corrected chi connectivity index (χ2v) is 7.04. The van der Waals surface area contributed by atoms with Crippen LogP contribution in [0.5, 0.6) is 0 Å². The molecule has 0 aliphatic rings. The lowest BCUT2D eigenvalue weighted by Crippen LogP contribution is -2.37. The molecule has 0 saturated heterocycles. The first-order valence-corrected chi connectivity index (χ1v) is 9.38. The number of anilines is 1. The molecule has 5 nitrogen and oxygen atoms in total. The van der Waals surface area contributed by atoms with E-state index in [1.54, 1.807) is 11.3 Å². The Labute approximate surface area is 153 Å². The van der Waals surface area contributed by atoms with Gasteiger partial charge in [0.1, 0.15) is 6.54 Å². The van der Waals surface area contributed by atoms with Gasteiger partial charge in [0.05, 0.1) is 6.54 Å². The van der Waals surface area contributed by atoms with Crippen molar-refractivity contribution in [1.29, 1.82) is 0 Å². The van der Waals surface area contributed by atoms with E-state index in [0.717, 1.165) is 18.7 Å². The Morgan fingerprint density at radius 3 is 2.68 bits per heavy atom. The zero-order chi connectivity index (χ0) is 18.1. The Hall–Kier alpha value is -2.34. The van der Waals surface area contributed by atoms with Crippen molar-refractivity contribution in [2.75, 3.05) is 18.4 Å². The van der Waals surface area contributed by atoms with Crippen molar-refractivity contribution in [3.05, 3.63) is 51.7 Å². The highest BCUT2D eigenvalue weighted by Crippen LogP contribution is 2.14. The molecule has 2 rings (SSSR count). The maximum absolute atomic E-state index is 12.1. The highest BCUT2D eigenvalue weighted by Gasteiger charge is 2.04. The van der Waals surface area contributed by atoms with E-state index in [0.29, 0.717) is 12.5 Å². The van der Waals surface area contributed by atoms with Crippen LogP contribution in [0.2, 0.25) is 0 Å². The standard InChI is InChI=1S/C19H26N4OS/c1-4-15-7-6-8-16(11-15)23-18(24)13-22-19(20-5-2)21-12-17-10-9-14(3)25-17/h6-11H,4-5,12-13H2,1-3H3,(H,23,24)(H2,20,21,22). The van der Waals surface area contributed by atoms with Crippen LogP contribution in [0, 0.1) is 6.92 Å². The zero-order valence-electron chi connectivity index (χ0n) is 15.1. The van der Waals surface area contributed by atoms with Crippen LogP contribution in [-0.2, 0) is 17.8 Å². The number of carbonyl (C=O) groups is 1. The van der Waals surface area contributed by atoms with Gasteiger partial charge in [0, 0.05) is 22.0 Å². The molecule has 0 bridgehead atoms. The number of aryl methyl sites for hydroxylation is 2. The van der Waals surface area contributed by atoms with Gasteiger partial charge in [-0.2, -0.15) is 0 Å². The van der Waals surface area contributed by atoms with Crippen LogP contribution in [0.3, 0.4) is 0 Å². The van der Waals surface area contributed by atoms with Gasteiger partial charge in [-0.1, -0.05) is 19.1 Å². The maximum atomic E-state index is 12.1. The zero-order valence-corrected chi connectivity index (χ0v) is 15.9. The second-order valence-electron chi connectivity index (χ2n) is 5.66. The van der Waals surface area contributed by atoms with Gasteiger partial charge in [-0.3, -0.25) is 4.79 Å². The number of nitrogens with zero attached hydrogens (tertiary/aromatic N) is 1. The topological polar surface area (TPSA) is 65.5 Å². The number of aliphatic imine (C=N–C) groups is 1. The molecule has 1 aromatic heterocycles. The first-order chi connectivity index (χ1) is 12.1. The molecule has 0 aliphatic carbocycles. The van der Waals surface area contributed by atoms with Gasteiger partial charge in [-0.25, -0.2) is 4.99 Å². The van der Waals surface area contributed by atoms with E-state index in [-0.39, 0.29) is 12.5 Å². The van der Waals surface area contributed by atoms with Crippen molar-refractivity contribution >= 4 is 28.9 Å². The highest BCUT2D eigenvalue weighted by molar-refractivity contribution is 7.11. The predicted molar refractivity (Wildman–Crippen MR) is 106 cm³/mol. The number of hydrogen-bond acceptors (Lipinski definition) is 3. The number of nitrogens with one attached hydrogen (secondary N) is 3. The van der Waals surface area contributed by atoms with Crippen LogP contribution in [0.1, 0.15) is 29.2 Å². The summed E-state index contributed by atoms with van der Waals surface area (Å²) >= 11 is 1.75. The number of benzene rings is 1. The molecule has 2 aromatic rings. The molecule has 0 fully saturated rings. The molecule has 3 N–H and O–H groups in total. The number of hydrogen-bond donors (Lipinski definition) is 3. The van der Waals surface area contributed by atoms with Gasteiger partial charge in [-0.05, 0) is 50.1 Å². The highest BCUT2D eigenvalue weighted by atomic mass is 32.1. The summed E-state index contributed by atoms with van der Waals surface area (Å²) in [4.78, 5) is 19.0. The lowest BCUT2D eigenvalue weighted by molar-refractivity contribution is -0.114. The largest absolute Gasteiger partial charge is 0.357 e. The van der Waals surface area contributed by atoms with Gasteiger partial charge in [0.2, 0.25) is 5.91 Å². The molecule has 1 amide bonds. The Morgan fingerprint density at radius 2 is 2.00 bits per heavy atom. The fraction of sp³-hybridized carbons (Fsp3) is 0.368. The summed E-state index contributed by atoms with van der Waals surface area (Å²) in [5, 5.41) is 9.31. The van der Waals surface area contributed by atoms with E-state index in [2.05, 4.69) is 46.9 Å². The number of rotatable bonds is 7. The van der Waals surface area contributed by atoms with Gasteiger partial charge >= 0.3 is 0 Å². The fourth-order valence-corrected chi connectivity index (χ4v) is 3.14. The average molecular weight is 359 g/mol. The minimum Gasteiger partial charge on any atom is -0.357 e. The van der Waals surface area contributed by atoms with Gasteiger partial charge in [0.15, 0.2) is 5.96 Å². The number of amides is 1. The summed E-state index contributed by atoms with van der Waals surface area (Å²) in [5.41, 5.74) is 2.01. The molecular weight excluding hydrogens is 332 g/mol. The number of thiophene rings is 1. The van der Waals surface area contributed by atoms with Crippen LogP contribution in [0.4, 0.5) is 5.69 Å². The molecule has 0 unspecified atom stereocenters. The van der Waals surface area contributed by atoms with Crippen LogP contribution in [0.25, 0.3) is 0 Å².